The highest BCUT2D eigenvalue weighted by molar-refractivity contribution is 8.93. The highest BCUT2D eigenvalue weighted by Gasteiger charge is 2.27. The second-order valence-corrected chi connectivity index (χ2v) is 12.2. The number of rotatable bonds is 10. The molecular formula is C30H34BrN3O5S2. The lowest BCUT2D eigenvalue weighted by Crippen LogP contribution is -2.27. The van der Waals surface area contributed by atoms with Gasteiger partial charge in [0.25, 0.3) is 0 Å². The van der Waals surface area contributed by atoms with Crippen molar-refractivity contribution in [2.24, 2.45) is 4.99 Å². The van der Waals surface area contributed by atoms with Crippen LogP contribution in [0.5, 0.6) is 17.2 Å². The molecule has 1 aliphatic heterocycles. The SMILES string of the molecule is Br.COc1ccc(N=c2scc(-c3ccc(S(=O)(=O)N4CCCC4)cc3)n2CCc2ccc(OC)c(OC)c2)cc1. The Morgan fingerprint density at radius 1 is 0.854 bits per heavy atom. The zero-order chi connectivity index (χ0) is 28.1. The average molecular weight is 661 g/mol. The smallest absolute Gasteiger partial charge is 0.243 e. The molecule has 0 N–H and O–H groups in total. The maximum atomic E-state index is 13.0. The summed E-state index contributed by atoms with van der Waals surface area (Å²) in [6.07, 6.45) is 2.56. The van der Waals surface area contributed by atoms with Crippen LogP contribution in [0.2, 0.25) is 0 Å². The fourth-order valence-electron chi connectivity index (χ4n) is 4.78. The molecule has 8 nitrogen and oxygen atoms in total. The van der Waals surface area contributed by atoms with E-state index in [0.29, 0.717) is 36.0 Å². The third-order valence-electron chi connectivity index (χ3n) is 7.02. The standard InChI is InChI=1S/C30H33N3O5S2.BrH/c1-36-25-11-9-24(10-12-25)31-30-33(19-16-22-6-15-28(37-2)29(20-22)38-3)27(21-39-30)23-7-13-26(14-8-23)40(34,35)32-17-4-5-18-32;/h6-15,20-21H,4-5,16-19H2,1-3H3;1H. The number of nitrogens with zero attached hydrogens (tertiary/aromatic N) is 3. The molecule has 0 radical (unpaired) electrons. The van der Waals surface area contributed by atoms with Gasteiger partial charge in [-0.05, 0) is 78.9 Å². The van der Waals surface area contributed by atoms with E-state index in [1.54, 1.807) is 49.1 Å². The van der Waals surface area contributed by atoms with Gasteiger partial charge in [-0.1, -0.05) is 18.2 Å². The second-order valence-electron chi connectivity index (χ2n) is 9.44. The molecular weight excluding hydrogens is 626 g/mol. The summed E-state index contributed by atoms with van der Waals surface area (Å²) in [5, 5.41) is 2.07. The van der Waals surface area contributed by atoms with E-state index in [-0.39, 0.29) is 17.0 Å². The summed E-state index contributed by atoms with van der Waals surface area (Å²) < 4.78 is 46.0. The van der Waals surface area contributed by atoms with Crippen LogP contribution < -0.4 is 19.0 Å². The lowest BCUT2D eigenvalue weighted by Gasteiger charge is -2.16. The van der Waals surface area contributed by atoms with E-state index in [4.69, 9.17) is 19.2 Å². The highest BCUT2D eigenvalue weighted by Crippen LogP contribution is 2.29. The third-order valence-corrected chi connectivity index (χ3v) is 9.80. The number of hydrogen-bond acceptors (Lipinski definition) is 7. The van der Waals surface area contributed by atoms with Gasteiger partial charge in [0, 0.05) is 25.0 Å². The van der Waals surface area contributed by atoms with Crippen molar-refractivity contribution in [1.29, 1.82) is 0 Å². The Balaban J connectivity index is 0.00000387. The molecule has 41 heavy (non-hydrogen) atoms. The Bertz CT molecular complexity index is 1630. The fraction of sp³-hybridized carbons (Fsp3) is 0.300. The molecule has 0 atom stereocenters. The molecule has 1 saturated heterocycles. The van der Waals surface area contributed by atoms with Crippen molar-refractivity contribution in [2.45, 2.75) is 30.7 Å². The summed E-state index contributed by atoms with van der Waals surface area (Å²) in [7, 11) is 1.43. The molecule has 4 aromatic rings. The molecule has 0 amide bonds. The van der Waals surface area contributed by atoms with Gasteiger partial charge in [0.1, 0.15) is 5.75 Å². The Kier molecular flexibility index (Phi) is 10.3. The summed E-state index contributed by atoms with van der Waals surface area (Å²) in [6.45, 7) is 1.83. The number of ether oxygens (including phenoxy) is 3. The number of aromatic nitrogens is 1. The van der Waals surface area contributed by atoms with Crippen molar-refractivity contribution in [3.05, 3.63) is 82.5 Å². The molecule has 0 spiro atoms. The lowest BCUT2D eigenvalue weighted by molar-refractivity contribution is 0.354. The van der Waals surface area contributed by atoms with Gasteiger partial charge in [0.15, 0.2) is 16.3 Å². The van der Waals surface area contributed by atoms with Crippen LogP contribution in [0.3, 0.4) is 0 Å². The quantitative estimate of drug-likeness (QED) is 0.206. The van der Waals surface area contributed by atoms with Crippen molar-refractivity contribution in [3.8, 4) is 28.5 Å². The molecule has 1 aromatic heterocycles. The van der Waals surface area contributed by atoms with Crippen LogP contribution in [0.25, 0.3) is 11.3 Å². The Hall–Kier alpha value is -3.12. The Morgan fingerprint density at radius 3 is 2.17 bits per heavy atom. The number of benzene rings is 3. The molecule has 0 aliphatic carbocycles. The van der Waals surface area contributed by atoms with Crippen molar-refractivity contribution in [1.82, 2.24) is 8.87 Å². The van der Waals surface area contributed by atoms with Crippen molar-refractivity contribution < 1.29 is 22.6 Å². The van der Waals surface area contributed by atoms with E-state index in [9.17, 15) is 8.42 Å². The number of sulfonamides is 1. The number of thiazole rings is 1. The van der Waals surface area contributed by atoms with E-state index < -0.39 is 10.0 Å². The van der Waals surface area contributed by atoms with Crippen molar-refractivity contribution >= 4 is 44.0 Å². The molecule has 1 aliphatic rings. The van der Waals surface area contributed by atoms with Gasteiger partial charge in [0.2, 0.25) is 10.0 Å². The van der Waals surface area contributed by atoms with Crippen molar-refractivity contribution in [2.75, 3.05) is 34.4 Å². The van der Waals surface area contributed by atoms with Crippen molar-refractivity contribution in [3.63, 3.8) is 0 Å². The first-order valence-electron chi connectivity index (χ1n) is 13.1. The fourth-order valence-corrected chi connectivity index (χ4v) is 7.26. The van der Waals surface area contributed by atoms with Gasteiger partial charge in [0.05, 0.1) is 37.6 Å². The van der Waals surface area contributed by atoms with Crippen LogP contribution in [0.15, 0.2) is 82.0 Å². The molecule has 0 saturated carbocycles. The van der Waals surface area contributed by atoms with E-state index in [2.05, 4.69) is 9.95 Å². The predicted molar refractivity (Wildman–Crippen MR) is 168 cm³/mol. The maximum absolute atomic E-state index is 13.0. The Labute approximate surface area is 255 Å². The highest BCUT2D eigenvalue weighted by atomic mass is 79.9. The van der Waals surface area contributed by atoms with Gasteiger partial charge in [-0.3, -0.25) is 0 Å². The molecule has 218 valence electrons. The number of halogens is 1. The first-order valence-corrected chi connectivity index (χ1v) is 15.4. The van der Waals surface area contributed by atoms with Crippen LogP contribution in [-0.2, 0) is 23.0 Å². The minimum atomic E-state index is -3.47. The predicted octanol–water partition coefficient (Wildman–Crippen LogP) is 6.08. The molecule has 3 aromatic carbocycles. The number of methoxy groups -OCH3 is 3. The normalized spacial score (nSPS) is 14.1. The van der Waals surface area contributed by atoms with Gasteiger partial charge in [-0.15, -0.1) is 28.3 Å². The molecule has 5 rings (SSSR count). The topological polar surface area (TPSA) is 82.4 Å². The maximum Gasteiger partial charge on any atom is 0.243 e. The molecule has 0 bridgehead atoms. The van der Waals surface area contributed by atoms with Crippen LogP contribution in [-0.4, -0.2) is 51.7 Å². The van der Waals surface area contributed by atoms with Gasteiger partial charge in [-0.25, -0.2) is 13.4 Å². The first kappa shape index (κ1) is 30.8. The summed E-state index contributed by atoms with van der Waals surface area (Å²) in [4.78, 5) is 6.09. The van der Waals surface area contributed by atoms with Gasteiger partial charge >= 0.3 is 0 Å². The third kappa shape index (κ3) is 6.86. The van der Waals surface area contributed by atoms with Crippen LogP contribution in [0, 0.1) is 0 Å². The van der Waals surface area contributed by atoms with E-state index >= 15 is 0 Å². The summed E-state index contributed by atoms with van der Waals surface area (Å²) in [6, 6.07) is 20.8. The van der Waals surface area contributed by atoms with E-state index in [1.165, 1.54) is 0 Å². The zero-order valence-electron chi connectivity index (χ0n) is 23.3. The second kappa shape index (κ2) is 13.7. The summed E-state index contributed by atoms with van der Waals surface area (Å²) in [5.74, 6) is 2.15. The largest absolute Gasteiger partial charge is 0.497 e. The minimum absolute atomic E-state index is 0. The van der Waals surface area contributed by atoms with Crippen LogP contribution >= 0.6 is 28.3 Å². The van der Waals surface area contributed by atoms with Crippen LogP contribution in [0.4, 0.5) is 5.69 Å². The first-order chi connectivity index (χ1) is 19.4. The number of hydrogen-bond donors (Lipinski definition) is 0. The van der Waals surface area contributed by atoms with Gasteiger partial charge in [-0.2, -0.15) is 4.31 Å². The summed E-state index contributed by atoms with van der Waals surface area (Å²) >= 11 is 1.55. The molecule has 11 heteroatoms. The summed E-state index contributed by atoms with van der Waals surface area (Å²) in [5.41, 5.74) is 3.83. The minimum Gasteiger partial charge on any atom is -0.497 e. The molecule has 1 fully saturated rings. The lowest BCUT2D eigenvalue weighted by atomic mass is 10.1. The van der Waals surface area contributed by atoms with E-state index in [1.807, 2.05) is 54.6 Å². The Morgan fingerprint density at radius 2 is 1.54 bits per heavy atom. The number of aryl methyl sites for hydroxylation is 1. The van der Waals surface area contributed by atoms with Gasteiger partial charge < -0.3 is 18.8 Å². The monoisotopic (exact) mass is 659 g/mol. The zero-order valence-corrected chi connectivity index (χ0v) is 26.6. The van der Waals surface area contributed by atoms with Crippen LogP contribution in [0.1, 0.15) is 18.4 Å². The molecule has 0 unspecified atom stereocenters. The molecule has 2 heterocycles. The van der Waals surface area contributed by atoms with E-state index in [0.717, 1.165) is 52.3 Å². The average Bonchev–Trinajstić information content (AvgIpc) is 3.68.